The lowest BCUT2D eigenvalue weighted by Gasteiger charge is -2.64. The normalized spacial score (nSPS) is 57.1. The third kappa shape index (κ3) is 2.43. The second kappa shape index (κ2) is 6.11. The number of carbonyl (C=O) groups excluding carboxylic acids is 1. The second-order valence-corrected chi connectivity index (χ2v) is 11.9. The SMILES string of the molecule is C[C@]12CC[C@@](O)(C3CO3)C[C@H]1CC[C@@H]1[C@@H]2CC[C@]2(C)[C@@H](C3=CC(=O)OC3)CC[C@]12O. The zero-order chi connectivity index (χ0) is 20.9. The van der Waals surface area contributed by atoms with Gasteiger partial charge < -0.3 is 19.7 Å². The van der Waals surface area contributed by atoms with Gasteiger partial charge in [0.2, 0.25) is 0 Å². The lowest BCUT2D eigenvalue weighted by atomic mass is 9.42. The molecule has 0 radical (unpaired) electrons. The van der Waals surface area contributed by atoms with Gasteiger partial charge in [-0.2, -0.15) is 0 Å². The summed E-state index contributed by atoms with van der Waals surface area (Å²) in [5.74, 6) is 1.40. The van der Waals surface area contributed by atoms with Crippen LogP contribution in [-0.4, -0.2) is 46.7 Å². The maximum atomic E-state index is 12.2. The molecule has 2 heterocycles. The fourth-order valence-electron chi connectivity index (χ4n) is 9.08. The summed E-state index contributed by atoms with van der Waals surface area (Å²) in [6, 6.07) is 0. The number of hydrogen-bond acceptors (Lipinski definition) is 5. The van der Waals surface area contributed by atoms with Crippen molar-refractivity contribution in [1.82, 2.24) is 0 Å². The van der Waals surface area contributed by atoms with E-state index in [2.05, 4.69) is 13.8 Å². The van der Waals surface area contributed by atoms with Crippen LogP contribution in [0.15, 0.2) is 11.6 Å². The van der Waals surface area contributed by atoms with Gasteiger partial charge in [-0.25, -0.2) is 4.79 Å². The van der Waals surface area contributed by atoms with Crippen molar-refractivity contribution in [3.8, 4) is 0 Å². The highest BCUT2D eigenvalue weighted by atomic mass is 16.6. The number of epoxide rings is 1. The van der Waals surface area contributed by atoms with Gasteiger partial charge in [0, 0.05) is 11.5 Å². The molecule has 0 aromatic carbocycles. The first-order valence-corrected chi connectivity index (χ1v) is 12.1. The molecule has 0 spiro atoms. The second-order valence-electron chi connectivity index (χ2n) is 11.9. The molecule has 5 nitrogen and oxygen atoms in total. The number of ether oxygens (including phenoxy) is 2. The largest absolute Gasteiger partial charge is 0.458 e. The molecule has 6 aliphatic rings. The molecule has 0 aromatic heterocycles. The van der Waals surface area contributed by atoms with Crippen LogP contribution in [0.2, 0.25) is 0 Å². The van der Waals surface area contributed by atoms with Crippen LogP contribution in [0, 0.1) is 34.5 Å². The summed E-state index contributed by atoms with van der Waals surface area (Å²) in [4.78, 5) is 11.7. The van der Waals surface area contributed by atoms with Gasteiger partial charge >= 0.3 is 5.97 Å². The molecule has 4 aliphatic carbocycles. The Kier molecular flexibility index (Phi) is 4.02. The van der Waals surface area contributed by atoms with E-state index < -0.39 is 11.2 Å². The predicted octanol–water partition coefficient (Wildman–Crippen LogP) is 3.37. The zero-order valence-corrected chi connectivity index (χ0v) is 18.4. The Hall–Kier alpha value is -0.910. The first-order chi connectivity index (χ1) is 14.2. The summed E-state index contributed by atoms with van der Waals surface area (Å²) in [6.07, 6.45) is 10.6. The Morgan fingerprint density at radius 2 is 1.80 bits per heavy atom. The fourth-order valence-corrected chi connectivity index (χ4v) is 9.08. The molecule has 2 aliphatic heterocycles. The highest BCUT2D eigenvalue weighted by Gasteiger charge is 2.68. The molecule has 5 heteroatoms. The van der Waals surface area contributed by atoms with Crippen molar-refractivity contribution < 1.29 is 24.5 Å². The van der Waals surface area contributed by atoms with Gasteiger partial charge in [-0.15, -0.1) is 0 Å². The molecule has 9 atom stereocenters. The molecule has 30 heavy (non-hydrogen) atoms. The monoisotopic (exact) mass is 416 g/mol. The van der Waals surface area contributed by atoms with Crippen LogP contribution in [0.3, 0.4) is 0 Å². The van der Waals surface area contributed by atoms with Crippen molar-refractivity contribution in [3.63, 3.8) is 0 Å². The van der Waals surface area contributed by atoms with Crippen LogP contribution in [-0.2, 0) is 14.3 Å². The Bertz CT molecular complexity index is 803. The number of esters is 1. The van der Waals surface area contributed by atoms with Crippen LogP contribution < -0.4 is 0 Å². The van der Waals surface area contributed by atoms with Gasteiger partial charge in [-0.1, -0.05) is 13.8 Å². The molecule has 1 saturated heterocycles. The van der Waals surface area contributed by atoms with Crippen molar-refractivity contribution in [2.24, 2.45) is 34.5 Å². The fraction of sp³-hybridized carbons (Fsp3) is 0.880. The average molecular weight is 417 g/mol. The van der Waals surface area contributed by atoms with E-state index in [0.29, 0.717) is 31.0 Å². The van der Waals surface area contributed by atoms with Gasteiger partial charge in [0.05, 0.1) is 17.8 Å². The number of rotatable bonds is 2. The van der Waals surface area contributed by atoms with E-state index in [9.17, 15) is 15.0 Å². The summed E-state index contributed by atoms with van der Waals surface area (Å²) in [5, 5.41) is 23.4. The first-order valence-electron chi connectivity index (χ1n) is 12.1. The minimum atomic E-state index is -0.658. The van der Waals surface area contributed by atoms with E-state index in [0.717, 1.165) is 63.4 Å². The molecule has 0 amide bonds. The maximum absolute atomic E-state index is 12.2. The molecule has 6 rings (SSSR count). The maximum Gasteiger partial charge on any atom is 0.331 e. The lowest BCUT2D eigenvalue weighted by Crippen LogP contribution is -2.63. The molecule has 1 unspecified atom stereocenters. The molecule has 2 N–H and O–H groups in total. The third-order valence-electron chi connectivity index (χ3n) is 11.0. The first kappa shape index (κ1) is 19.8. The molecule has 4 saturated carbocycles. The Morgan fingerprint density at radius 1 is 1.00 bits per heavy atom. The standard InChI is InChI=1S/C25H36O5/c1-22-9-10-24(27,20-14-29-20)12-16(22)3-4-19-18(22)5-7-23(2)17(6-8-25(19,23)28)15-11-21(26)30-13-15/h11,16-20,27-28H,3-10,12-14H2,1-2H3/t16-,17-,18+,19-,20?,22+,23-,24+,25+/m1/s1. The van der Waals surface area contributed by atoms with E-state index in [1.807, 2.05) is 0 Å². The Balaban J connectivity index is 1.29. The molecule has 0 bridgehead atoms. The van der Waals surface area contributed by atoms with Gasteiger partial charge in [0.15, 0.2) is 0 Å². The van der Waals surface area contributed by atoms with Gasteiger partial charge in [-0.3, -0.25) is 0 Å². The van der Waals surface area contributed by atoms with E-state index >= 15 is 0 Å². The van der Waals surface area contributed by atoms with Crippen molar-refractivity contribution in [2.45, 2.75) is 88.9 Å². The van der Waals surface area contributed by atoms with Gasteiger partial charge in [0.1, 0.15) is 12.7 Å². The number of cyclic esters (lactones) is 1. The molecule has 166 valence electrons. The Labute approximate surface area is 179 Å². The zero-order valence-electron chi connectivity index (χ0n) is 18.4. The van der Waals surface area contributed by atoms with Crippen LogP contribution in [0.4, 0.5) is 0 Å². The molecular weight excluding hydrogens is 380 g/mol. The van der Waals surface area contributed by atoms with Crippen LogP contribution in [0.25, 0.3) is 0 Å². The lowest BCUT2D eigenvalue weighted by molar-refractivity contribution is -0.216. The van der Waals surface area contributed by atoms with E-state index in [-0.39, 0.29) is 28.8 Å². The van der Waals surface area contributed by atoms with E-state index in [1.165, 1.54) is 0 Å². The van der Waals surface area contributed by atoms with Crippen molar-refractivity contribution in [2.75, 3.05) is 13.2 Å². The van der Waals surface area contributed by atoms with Crippen LogP contribution >= 0.6 is 0 Å². The number of carbonyl (C=O) groups is 1. The van der Waals surface area contributed by atoms with Crippen molar-refractivity contribution >= 4 is 5.97 Å². The quantitative estimate of drug-likeness (QED) is 0.533. The molecular formula is C25H36O5. The van der Waals surface area contributed by atoms with E-state index in [1.54, 1.807) is 6.08 Å². The van der Waals surface area contributed by atoms with Crippen LogP contribution in [0.5, 0.6) is 0 Å². The molecule has 5 fully saturated rings. The highest BCUT2D eigenvalue weighted by Crippen LogP contribution is 2.70. The van der Waals surface area contributed by atoms with Crippen molar-refractivity contribution in [3.05, 3.63) is 11.6 Å². The minimum absolute atomic E-state index is 0.0545. The number of hydrogen-bond donors (Lipinski definition) is 2. The summed E-state index contributed by atoms with van der Waals surface area (Å²) in [7, 11) is 0. The topological polar surface area (TPSA) is 79.3 Å². The summed E-state index contributed by atoms with van der Waals surface area (Å²) in [6.45, 7) is 5.85. The minimum Gasteiger partial charge on any atom is -0.458 e. The predicted molar refractivity (Wildman–Crippen MR) is 110 cm³/mol. The van der Waals surface area contributed by atoms with Gasteiger partial charge in [-0.05, 0) is 92.4 Å². The van der Waals surface area contributed by atoms with Crippen molar-refractivity contribution in [1.29, 1.82) is 0 Å². The summed E-state index contributed by atoms with van der Waals surface area (Å²) < 4.78 is 10.7. The number of fused-ring (bicyclic) bond motifs is 5. The van der Waals surface area contributed by atoms with Crippen LogP contribution in [0.1, 0.15) is 71.6 Å². The smallest absolute Gasteiger partial charge is 0.331 e. The third-order valence-corrected chi connectivity index (χ3v) is 11.0. The molecule has 0 aromatic rings. The number of aliphatic hydroxyl groups is 2. The summed E-state index contributed by atoms with van der Waals surface area (Å²) >= 11 is 0. The highest BCUT2D eigenvalue weighted by molar-refractivity contribution is 5.85. The van der Waals surface area contributed by atoms with E-state index in [4.69, 9.17) is 9.47 Å². The van der Waals surface area contributed by atoms with Gasteiger partial charge in [0.25, 0.3) is 0 Å². The summed E-state index contributed by atoms with van der Waals surface area (Å²) in [5.41, 5.74) is -0.158. The average Bonchev–Trinajstić information content (AvgIpc) is 3.43. The Morgan fingerprint density at radius 3 is 2.50 bits per heavy atom.